The highest BCUT2D eigenvalue weighted by Crippen LogP contribution is 2.39. The first-order chi connectivity index (χ1) is 13.8. The summed E-state index contributed by atoms with van der Waals surface area (Å²) in [5, 5.41) is 4.63. The number of hydrogen-bond donors (Lipinski definition) is 1. The van der Waals surface area contributed by atoms with Crippen LogP contribution in [-0.4, -0.2) is 36.9 Å². The maximum Gasteiger partial charge on any atom is 0.233 e. The second-order valence-corrected chi connectivity index (χ2v) is 10.9. The molecule has 0 bridgehead atoms. The summed E-state index contributed by atoms with van der Waals surface area (Å²) in [6, 6.07) is 6.32. The first-order valence-corrected chi connectivity index (χ1v) is 12.1. The zero-order valence-electron chi connectivity index (χ0n) is 15.6. The number of nitrogens with zero attached hydrogens (tertiary/aromatic N) is 1. The highest BCUT2D eigenvalue weighted by molar-refractivity contribution is 7.92. The first-order valence-electron chi connectivity index (χ1n) is 9.67. The van der Waals surface area contributed by atoms with E-state index in [-0.39, 0.29) is 34.8 Å². The van der Waals surface area contributed by atoms with Crippen LogP contribution < -0.4 is 5.32 Å². The highest BCUT2D eigenvalue weighted by Gasteiger charge is 2.38. The minimum Gasteiger partial charge on any atom is -0.301 e. The Morgan fingerprint density at radius 1 is 1.17 bits per heavy atom. The van der Waals surface area contributed by atoms with Crippen LogP contribution in [0.15, 0.2) is 40.7 Å². The Morgan fingerprint density at radius 2 is 1.83 bits per heavy atom. The molecule has 1 amide bonds. The van der Waals surface area contributed by atoms with E-state index < -0.39 is 28.1 Å². The number of aromatic nitrogens is 1. The zero-order chi connectivity index (χ0) is 20.6. The van der Waals surface area contributed by atoms with Gasteiger partial charge in [0, 0.05) is 11.6 Å². The van der Waals surface area contributed by atoms with E-state index in [2.05, 4.69) is 10.3 Å². The van der Waals surface area contributed by atoms with E-state index in [4.69, 9.17) is 0 Å². The minimum absolute atomic E-state index is 0.0936. The van der Waals surface area contributed by atoms with Gasteiger partial charge in [-0.05, 0) is 55.7 Å². The molecule has 1 aromatic carbocycles. The van der Waals surface area contributed by atoms with E-state index >= 15 is 0 Å². The smallest absolute Gasteiger partial charge is 0.233 e. The van der Waals surface area contributed by atoms with E-state index in [1.165, 1.54) is 23.5 Å². The Morgan fingerprint density at radius 3 is 2.38 bits per heavy atom. The fourth-order valence-electron chi connectivity index (χ4n) is 3.89. The molecule has 4 atom stereocenters. The molecule has 4 rings (SSSR count). The molecule has 2 aliphatic rings. The summed E-state index contributed by atoms with van der Waals surface area (Å²) in [5.41, 5.74) is 0.631. The van der Waals surface area contributed by atoms with E-state index in [1.807, 2.05) is 0 Å². The average Bonchev–Trinajstić information content (AvgIpc) is 3.36. The van der Waals surface area contributed by atoms with Crippen molar-refractivity contribution < 1.29 is 22.0 Å². The number of thiazole rings is 1. The van der Waals surface area contributed by atoms with Crippen molar-refractivity contribution in [1.82, 2.24) is 4.98 Å². The second kappa shape index (κ2) is 8.10. The largest absolute Gasteiger partial charge is 0.301 e. The third-order valence-corrected chi connectivity index (χ3v) is 8.60. The third-order valence-electron chi connectivity index (χ3n) is 5.63. The molecule has 5 nitrogen and oxygen atoms in total. The van der Waals surface area contributed by atoms with Crippen LogP contribution >= 0.6 is 11.3 Å². The highest BCUT2D eigenvalue weighted by atomic mass is 32.2. The number of hydrogen-bond acceptors (Lipinski definition) is 5. The Bertz CT molecular complexity index is 950. The summed E-state index contributed by atoms with van der Waals surface area (Å²) < 4.78 is 52.1. The van der Waals surface area contributed by atoms with Crippen molar-refractivity contribution in [3.05, 3.63) is 41.4 Å². The molecule has 1 unspecified atom stereocenters. The summed E-state index contributed by atoms with van der Waals surface area (Å²) in [6.45, 7) is 0. The van der Waals surface area contributed by atoms with E-state index in [9.17, 15) is 22.0 Å². The molecule has 1 N–H and O–H groups in total. The molecule has 156 valence electrons. The van der Waals surface area contributed by atoms with Crippen molar-refractivity contribution in [3.63, 3.8) is 0 Å². The van der Waals surface area contributed by atoms with E-state index in [0.717, 1.165) is 0 Å². The second-order valence-electron chi connectivity index (χ2n) is 7.80. The summed E-state index contributed by atoms with van der Waals surface area (Å²) in [5.74, 6) is -1.20. The lowest BCUT2D eigenvalue weighted by atomic mass is 9.87. The van der Waals surface area contributed by atoms with Gasteiger partial charge in [-0.2, -0.15) is 0 Å². The lowest BCUT2D eigenvalue weighted by Crippen LogP contribution is -2.23. The topological polar surface area (TPSA) is 76.1 Å². The summed E-state index contributed by atoms with van der Waals surface area (Å²) in [4.78, 5) is 17.2. The maximum atomic E-state index is 13.6. The maximum absolute atomic E-state index is 13.6. The molecular weight excluding hydrogens is 418 g/mol. The van der Waals surface area contributed by atoms with E-state index in [1.54, 1.807) is 23.7 Å². The number of anilines is 1. The summed E-state index contributed by atoms with van der Waals surface area (Å²) >= 11 is 1.28. The number of carbonyl (C=O) groups is 1. The van der Waals surface area contributed by atoms with Crippen LogP contribution in [0.2, 0.25) is 0 Å². The molecule has 0 spiro atoms. The molecule has 2 aromatic rings. The first kappa shape index (κ1) is 20.4. The quantitative estimate of drug-likeness (QED) is 0.697. The van der Waals surface area contributed by atoms with Gasteiger partial charge >= 0.3 is 0 Å². The summed E-state index contributed by atoms with van der Waals surface area (Å²) in [6.07, 6.45) is 0.436. The molecule has 1 heterocycles. The molecule has 1 aromatic heterocycles. The molecule has 0 radical (unpaired) electrons. The van der Waals surface area contributed by atoms with Crippen molar-refractivity contribution >= 4 is 32.2 Å². The molecule has 2 aliphatic carbocycles. The van der Waals surface area contributed by atoms with Gasteiger partial charge in [-0.1, -0.05) is 12.1 Å². The number of carbonyl (C=O) groups excluding carboxylic acids is 1. The monoisotopic (exact) mass is 440 g/mol. The Kier molecular flexibility index (Phi) is 5.70. The number of sulfone groups is 1. The predicted octanol–water partition coefficient (Wildman–Crippen LogP) is 4.28. The van der Waals surface area contributed by atoms with Crippen molar-refractivity contribution in [2.45, 2.75) is 60.5 Å². The van der Waals surface area contributed by atoms with Crippen molar-refractivity contribution in [3.8, 4) is 0 Å². The predicted molar refractivity (Wildman–Crippen MR) is 107 cm³/mol. The standard InChI is InChI=1S/C20H22F2N2O3S2/c21-17-10-12(11-18(17)22)9-16(19(25)24-20-23-7-8-28-20)13-1-3-14(4-2-13)29(26,27)15-5-6-15/h1-4,7-8,12,15-18H,5-6,9-11H2,(H,23,24,25)/t12-,16?,17+,18-. The molecule has 2 fully saturated rings. The van der Waals surface area contributed by atoms with Crippen LogP contribution in [0, 0.1) is 5.92 Å². The minimum atomic E-state index is -3.31. The van der Waals surface area contributed by atoms with Crippen LogP contribution in [-0.2, 0) is 14.6 Å². The molecular formula is C20H22F2N2O3S2. The normalized spacial score (nSPS) is 25.7. The average molecular weight is 441 g/mol. The zero-order valence-corrected chi connectivity index (χ0v) is 17.3. The summed E-state index contributed by atoms with van der Waals surface area (Å²) in [7, 11) is -3.31. The number of alkyl halides is 2. The lowest BCUT2D eigenvalue weighted by molar-refractivity contribution is -0.118. The number of amides is 1. The fraction of sp³-hybridized carbons (Fsp3) is 0.500. The lowest BCUT2D eigenvalue weighted by Gasteiger charge is -2.20. The van der Waals surface area contributed by atoms with Gasteiger partial charge in [-0.3, -0.25) is 4.79 Å². The Labute approximate surface area is 172 Å². The molecule has 0 aliphatic heterocycles. The van der Waals surface area contributed by atoms with Gasteiger partial charge < -0.3 is 5.32 Å². The van der Waals surface area contributed by atoms with E-state index in [0.29, 0.717) is 30.0 Å². The van der Waals surface area contributed by atoms with Crippen LogP contribution in [0.3, 0.4) is 0 Å². The van der Waals surface area contributed by atoms with Crippen LogP contribution in [0.5, 0.6) is 0 Å². The molecule has 2 saturated carbocycles. The van der Waals surface area contributed by atoms with Gasteiger partial charge in [-0.25, -0.2) is 22.2 Å². The SMILES string of the molecule is O=C(Nc1nccs1)C(C[C@H]1C[C@@H](F)[C@@H](F)C1)c1ccc(S(=O)(=O)C2CC2)cc1. The van der Waals surface area contributed by atoms with Gasteiger partial charge in [0.2, 0.25) is 5.91 Å². The van der Waals surface area contributed by atoms with Gasteiger partial charge in [0.15, 0.2) is 15.0 Å². The molecule has 29 heavy (non-hydrogen) atoms. The van der Waals surface area contributed by atoms with Crippen LogP contribution in [0.25, 0.3) is 0 Å². The Balaban J connectivity index is 1.56. The Hall–Kier alpha value is -1.87. The van der Waals surface area contributed by atoms with Crippen LogP contribution in [0.1, 0.15) is 43.6 Å². The molecule has 0 saturated heterocycles. The van der Waals surface area contributed by atoms with Crippen molar-refractivity contribution in [2.24, 2.45) is 5.92 Å². The fourth-order valence-corrected chi connectivity index (χ4v) is 6.08. The van der Waals surface area contributed by atoms with Gasteiger partial charge in [-0.15, -0.1) is 11.3 Å². The third kappa shape index (κ3) is 4.50. The van der Waals surface area contributed by atoms with Crippen LogP contribution in [0.4, 0.5) is 13.9 Å². The van der Waals surface area contributed by atoms with Gasteiger partial charge in [0.1, 0.15) is 12.3 Å². The number of halogens is 2. The van der Waals surface area contributed by atoms with Crippen molar-refractivity contribution in [1.29, 1.82) is 0 Å². The van der Waals surface area contributed by atoms with Crippen molar-refractivity contribution in [2.75, 3.05) is 5.32 Å². The van der Waals surface area contributed by atoms with Gasteiger partial charge in [0.05, 0.1) is 16.1 Å². The van der Waals surface area contributed by atoms with Gasteiger partial charge in [0.25, 0.3) is 0 Å². The number of rotatable bonds is 7. The number of nitrogens with one attached hydrogen (secondary N) is 1. The molecule has 9 heteroatoms. The number of benzene rings is 1.